The summed E-state index contributed by atoms with van der Waals surface area (Å²) in [6.45, 7) is 1.95. The number of rotatable bonds is 6. The monoisotopic (exact) mass is 253 g/mol. The van der Waals surface area contributed by atoms with Crippen LogP contribution in [-0.2, 0) is 4.79 Å². The van der Waals surface area contributed by atoms with E-state index in [4.69, 9.17) is 5.11 Å². The molecule has 8 heteroatoms. The number of aliphatic carboxylic acids is 1. The number of amides is 2. The Morgan fingerprint density at radius 2 is 2.22 bits per heavy atom. The molecule has 0 fully saturated rings. The third-order valence-electron chi connectivity index (χ3n) is 2.16. The van der Waals surface area contributed by atoms with Gasteiger partial charge in [0.1, 0.15) is 6.04 Å². The van der Waals surface area contributed by atoms with Gasteiger partial charge in [-0.25, -0.2) is 14.6 Å². The zero-order valence-corrected chi connectivity index (χ0v) is 9.96. The minimum atomic E-state index is -1.06. The van der Waals surface area contributed by atoms with Gasteiger partial charge in [0.05, 0.1) is 12.4 Å². The summed E-state index contributed by atoms with van der Waals surface area (Å²) in [7, 11) is 0. The highest BCUT2D eigenvalue weighted by molar-refractivity contribution is 5.90. The van der Waals surface area contributed by atoms with E-state index in [0.29, 0.717) is 6.42 Å². The van der Waals surface area contributed by atoms with Crippen molar-refractivity contribution in [3.8, 4) is 0 Å². The fraction of sp³-hybridized carbons (Fsp3) is 0.500. The van der Waals surface area contributed by atoms with Gasteiger partial charge >= 0.3 is 12.0 Å². The first kappa shape index (κ1) is 13.8. The zero-order valence-electron chi connectivity index (χ0n) is 9.96. The summed E-state index contributed by atoms with van der Waals surface area (Å²) in [5.41, 5.74) is 0. The van der Waals surface area contributed by atoms with Gasteiger partial charge in [-0.3, -0.25) is 5.32 Å². The summed E-state index contributed by atoms with van der Waals surface area (Å²) in [6, 6.07) is -1.58. The van der Waals surface area contributed by atoms with Crippen LogP contribution in [0, 0.1) is 0 Å². The van der Waals surface area contributed by atoms with Gasteiger partial charge in [0.25, 0.3) is 5.95 Å². The maximum atomic E-state index is 11.5. The lowest BCUT2D eigenvalue weighted by atomic mass is 10.1. The molecule has 18 heavy (non-hydrogen) atoms. The number of nitrogens with zero attached hydrogens (tertiary/aromatic N) is 3. The average molecular weight is 253 g/mol. The number of nitrogens with one attached hydrogen (secondary N) is 2. The van der Waals surface area contributed by atoms with Gasteiger partial charge in [-0.15, -0.1) is 5.10 Å². The predicted octanol–water partition coefficient (Wildman–Crippen LogP) is 0.636. The van der Waals surface area contributed by atoms with Crippen LogP contribution in [0.25, 0.3) is 0 Å². The third-order valence-corrected chi connectivity index (χ3v) is 2.16. The number of carboxylic acids is 1. The Kier molecular flexibility index (Phi) is 5.49. The van der Waals surface area contributed by atoms with Gasteiger partial charge < -0.3 is 10.4 Å². The van der Waals surface area contributed by atoms with Crippen LogP contribution in [0.3, 0.4) is 0 Å². The molecule has 98 valence electrons. The van der Waals surface area contributed by atoms with Gasteiger partial charge in [0.15, 0.2) is 0 Å². The topological polar surface area (TPSA) is 117 Å². The molecule has 0 aromatic carbocycles. The van der Waals surface area contributed by atoms with E-state index in [1.165, 1.54) is 12.4 Å². The van der Waals surface area contributed by atoms with E-state index in [1.807, 2.05) is 6.92 Å². The molecule has 0 radical (unpaired) electrons. The second-order valence-electron chi connectivity index (χ2n) is 3.60. The first-order valence-corrected chi connectivity index (χ1v) is 5.57. The van der Waals surface area contributed by atoms with Crippen molar-refractivity contribution in [2.45, 2.75) is 32.2 Å². The molecule has 1 rings (SSSR count). The van der Waals surface area contributed by atoms with E-state index in [-0.39, 0.29) is 5.95 Å². The normalized spacial score (nSPS) is 11.6. The number of aromatic nitrogens is 3. The first-order chi connectivity index (χ1) is 8.63. The molecule has 3 N–H and O–H groups in total. The summed E-state index contributed by atoms with van der Waals surface area (Å²) < 4.78 is 0. The Hall–Kier alpha value is -2.25. The van der Waals surface area contributed by atoms with Gasteiger partial charge in [0, 0.05) is 0 Å². The summed E-state index contributed by atoms with van der Waals surface area (Å²) in [6.07, 6.45) is 4.70. The molecule has 8 nitrogen and oxygen atoms in total. The van der Waals surface area contributed by atoms with E-state index in [0.717, 1.165) is 12.8 Å². The Morgan fingerprint density at radius 3 is 2.78 bits per heavy atom. The van der Waals surface area contributed by atoms with Gasteiger partial charge in [-0.1, -0.05) is 19.8 Å². The van der Waals surface area contributed by atoms with Crippen LogP contribution in [0.2, 0.25) is 0 Å². The number of unbranched alkanes of at least 4 members (excludes halogenated alkanes) is 1. The molecule has 0 unspecified atom stereocenters. The number of hydrogen-bond acceptors (Lipinski definition) is 5. The van der Waals surface area contributed by atoms with Crippen molar-refractivity contribution in [1.82, 2.24) is 20.5 Å². The minimum Gasteiger partial charge on any atom is -0.480 e. The molecule has 0 aliphatic carbocycles. The molecular weight excluding hydrogens is 238 g/mol. The van der Waals surface area contributed by atoms with E-state index < -0.39 is 18.0 Å². The zero-order chi connectivity index (χ0) is 13.4. The van der Waals surface area contributed by atoms with Gasteiger partial charge in [0.2, 0.25) is 0 Å². The average Bonchev–Trinajstić information content (AvgIpc) is 2.35. The first-order valence-electron chi connectivity index (χ1n) is 5.57. The predicted molar refractivity (Wildman–Crippen MR) is 62.9 cm³/mol. The number of anilines is 1. The summed E-state index contributed by atoms with van der Waals surface area (Å²) in [5, 5.41) is 20.7. The fourth-order valence-electron chi connectivity index (χ4n) is 1.27. The van der Waals surface area contributed by atoms with E-state index in [1.54, 1.807) is 0 Å². The maximum Gasteiger partial charge on any atom is 0.326 e. The standard InChI is InChI=1S/C10H15N5O3/c1-2-3-4-7(8(16)17)13-10(18)14-9-11-5-6-12-15-9/h5-7H,2-4H2,1H3,(H,16,17)(H2,11,13,14,15,18)/t7-/m0/s1. The number of urea groups is 1. The number of carbonyl (C=O) groups excluding carboxylic acids is 1. The van der Waals surface area contributed by atoms with Crippen molar-refractivity contribution in [2.24, 2.45) is 0 Å². The van der Waals surface area contributed by atoms with Crippen LogP contribution in [0.15, 0.2) is 12.4 Å². The van der Waals surface area contributed by atoms with Crippen LogP contribution in [0.4, 0.5) is 10.7 Å². The van der Waals surface area contributed by atoms with Crippen LogP contribution >= 0.6 is 0 Å². The highest BCUT2D eigenvalue weighted by Gasteiger charge is 2.19. The molecule has 1 heterocycles. The molecular formula is C10H15N5O3. The summed E-state index contributed by atoms with van der Waals surface area (Å²) >= 11 is 0. The SMILES string of the molecule is CCCC[C@H](NC(=O)Nc1nccnn1)C(=O)O. The number of carbonyl (C=O) groups is 2. The van der Waals surface area contributed by atoms with Crippen molar-refractivity contribution in [3.63, 3.8) is 0 Å². The fourth-order valence-corrected chi connectivity index (χ4v) is 1.27. The van der Waals surface area contributed by atoms with Crippen LogP contribution in [0.5, 0.6) is 0 Å². The van der Waals surface area contributed by atoms with Gasteiger partial charge in [-0.05, 0) is 6.42 Å². The van der Waals surface area contributed by atoms with E-state index >= 15 is 0 Å². The van der Waals surface area contributed by atoms with Crippen LogP contribution in [-0.4, -0.2) is 38.3 Å². The van der Waals surface area contributed by atoms with Crippen molar-refractivity contribution >= 4 is 17.9 Å². The quantitative estimate of drug-likeness (QED) is 0.684. The smallest absolute Gasteiger partial charge is 0.326 e. The van der Waals surface area contributed by atoms with Crippen molar-refractivity contribution in [1.29, 1.82) is 0 Å². The van der Waals surface area contributed by atoms with Gasteiger partial charge in [-0.2, -0.15) is 5.10 Å². The molecule has 1 aromatic heterocycles. The molecule has 0 saturated heterocycles. The second-order valence-corrected chi connectivity index (χ2v) is 3.60. The lowest BCUT2D eigenvalue weighted by Gasteiger charge is -2.13. The van der Waals surface area contributed by atoms with Crippen molar-refractivity contribution in [2.75, 3.05) is 5.32 Å². The molecule has 2 amide bonds. The summed E-state index contributed by atoms with van der Waals surface area (Å²) in [4.78, 5) is 26.1. The van der Waals surface area contributed by atoms with Crippen molar-refractivity contribution in [3.05, 3.63) is 12.4 Å². The Balaban J connectivity index is 2.48. The van der Waals surface area contributed by atoms with Crippen LogP contribution in [0.1, 0.15) is 26.2 Å². The molecule has 0 saturated carbocycles. The third kappa shape index (κ3) is 4.73. The van der Waals surface area contributed by atoms with E-state index in [2.05, 4.69) is 25.8 Å². The molecule has 0 bridgehead atoms. The maximum absolute atomic E-state index is 11.5. The molecule has 0 aliphatic rings. The second kappa shape index (κ2) is 7.15. The molecule has 1 atom stereocenters. The highest BCUT2D eigenvalue weighted by atomic mass is 16.4. The lowest BCUT2D eigenvalue weighted by molar-refractivity contribution is -0.139. The van der Waals surface area contributed by atoms with E-state index in [9.17, 15) is 9.59 Å². The molecule has 0 aliphatic heterocycles. The highest BCUT2D eigenvalue weighted by Crippen LogP contribution is 2.01. The lowest BCUT2D eigenvalue weighted by Crippen LogP contribution is -2.43. The Morgan fingerprint density at radius 1 is 1.44 bits per heavy atom. The van der Waals surface area contributed by atoms with Crippen molar-refractivity contribution < 1.29 is 14.7 Å². The van der Waals surface area contributed by atoms with Crippen LogP contribution < -0.4 is 10.6 Å². The number of hydrogen-bond donors (Lipinski definition) is 3. The number of carboxylic acid groups (broad SMARTS) is 1. The molecule has 1 aromatic rings. The minimum absolute atomic E-state index is 0.0228. The summed E-state index contributed by atoms with van der Waals surface area (Å²) in [5.74, 6) is -1.04. The largest absolute Gasteiger partial charge is 0.480 e. The Bertz CT molecular complexity index is 398. The Labute approximate surface area is 104 Å². The molecule has 0 spiro atoms.